The molecule has 0 saturated carbocycles. The summed E-state index contributed by atoms with van der Waals surface area (Å²) in [6, 6.07) is 6.46. The Morgan fingerprint density at radius 1 is 1.37 bits per heavy atom. The first-order valence-electron chi connectivity index (χ1n) is 5.34. The molecule has 4 nitrogen and oxygen atoms in total. The van der Waals surface area contributed by atoms with Crippen LogP contribution in [0.2, 0.25) is 5.02 Å². The van der Waals surface area contributed by atoms with Gasteiger partial charge in [-0.2, -0.15) is 0 Å². The highest BCUT2D eigenvalue weighted by Crippen LogP contribution is 2.32. The molecule has 2 aromatic rings. The van der Waals surface area contributed by atoms with Crippen LogP contribution in [0.4, 0.5) is 5.69 Å². The molecule has 1 aromatic heterocycles. The lowest BCUT2D eigenvalue weighted by molar-refractivity contribution is 0.417. The van der Waals surface area contributed by atoms with E-state index in [0.717, 1.165) is 16.9 Å². The molecular weight excluding hydrogens is 306 g/mol. The van der Waals surface area contributed by atoms with Crippen molar-refractivity contribution >= 4 is 38.6 Å². The van der Waals surface area contributed by atoms with Crippen LogP contribution in [0.15, 0.2) is 33.9 Å². The maximum Gasteiger partial charge on any atom is 0.271 e. The highest BCUT2D eigenvalue weighted by atomic mass is 35.5. The molecule has 102 valence electrons. The summed E-state index contributed by atoms with van der Waals surface area (Å²) >= 11 is 7.13. The summed E-state index contributed by atoms with van der Waals surface area (Å²) in [6.07, 6.45) is 0. The van der Waals surface area contributed by atoms with E-state index in [1.165, 1.54) is 7.11 Å². The van der Waals surface area contributed by atoms with Gasteiger partial charge in [-0.15, -0.1) is 11.3 Å². The second kappa shape index (κ2) is 5.40. The molecular formula is C12H12ClNO3S2. The van der Waals surface area contributed by atoms with Crippen LogP contribution in [0.5, 0.6) is 5.75 Å². The molecule has 0 spiro atoms. The van der Waals surface area contributed by atoms with Crippen LogP contribution in [0, 0.1) is 6.92 Å². The Morgan fingerprint density at radius 3 is 2.68 bits per heavy atom. The van der Waals surface area contributed by atoms with Crippen molar-refractivity contribution < 1.29 is 13.2 Å². The summed E-state index contributed by atoms with van der Waals surface area (Å²) in [5, 5.41) is 2.23. The third kappa shape index (κ3) is 3.02. The lowest BCUT2D eigenvalue weighted by atomic mass is 10.2. The number of hydrogen-bond donors (Lipinski definition) is 1. The minimum atomic E-state index is -3.59. The Labute approximate surface area is 121 Å². The van der Waals surface area contributed by atoms with E-state index in [9.17, 15) is 8.42 Å². The fraction of sp³-hybridized carbons (Fsp3) is 0.167. The fourth-order valence-corrected chi connectivity index (χ4v) is 3.73. The second-order valence-corrected chi connectivity index (χ2v) is 7.10. The van der Waals surface area contributed by atoms with Crippen LogP contribution in [0.3, 0.4) is 0 Å². The van der Waals surface area contributed by atoms with Crippen molar-refractivity contribution in [3.63, 3.8) is 0 Å². The van der Waals surface area contributed by atoms with Crippen molar-refractivity contribution in [1.82, 2.24) is 0 Å². The van der Waals surface area contributed by atoms with Crippen molar-refractivity contribution in [2.45, 2.75) is 11.1 Å². The van der Waals surface area contributed by atoms with E-state index in [-0.39, 0.29) is 4.21 Å². The number of ether oxygens (including phenoxy) is 1. The number of aryl methyl sites for hydroxylation is 1. The lowest BCUT2D eigenvalue weighted by Gasteiger charge is -2.12. The van der Waals surface area contributed by atoms with Crippen LogP contribution in [0.1, 0.15) is 5.56 Å². The first-order valence-corrected chi connectivity index (χ1v) is 8.08. The largest absolute Gasteiger partial charge is 0.495 e. The molecule has 1 heterocycles. The summed E-state index contributed by atoms with van der Waals surface area (Å²) in [6.45, 7) is 1.80. The van der Waals surface area contributed by atoms with Gasteiger partial charge in [0.15, 0.2) is 0 Å². The van der Waals surface area contributed by atoms with Crippen LogP contribution in [-0.2, 0) is 10.0 Å². The molecule has 0 atom stereocenters. The van der Waals surface area contributed by atoms with Crippen molar-refractivity contribution in [1.29, 1.82) is 0 Å². The molecule has 1 aromatic carbocycles. The maximum absolute atomic E-state index is 12.1. The Morgan fingerprint density at radius 2 is 2.11 bits per heavy atom. The van der Waals surface area contributed by atoms with Gasteiger partial charge in [-0.3, -0.25) is 4.72 Å². The summed E-state index contributed by atoms with van der Waals surface area (Å²) < 4.78 is 32.2. The van der Waals surface area contributed by atoms with Crippen LogP contribution in [0.25, 0.3) is 0 Å². The van der Waals surface area contributed by atoms with Gasteiger partial charge in [0.2, 0.25) is 0 Å². The van der Waals surface area contributed by atoms with Crippen LogP contribution >= 0.6 is 22.9 Å². The zero-order chi connectivity index (χ0) is 14.0. The summed E-state index contributed by atoms with van der Waals surface area (Å²) in [5.74, 6) is 0.385. The molecule has 0 aliphatic rings. The molecule has 2 rings (SSSR count). The standard InChI is InChI=1S/C12H12ClNO3S2/c1-8-6-10(11(17-2)7-9(8)13)14-19(15,16)12-4-3-5-18-12/h3-7,14H,1-2H3. The highest BCUT2D eigenvalue weighted by molar-refractivity contribution is 7.94. The average molecular weight is 318 g/mol. The van der Waals surface area contributed by atoms with Gasteiger partial charge in [-0.25, -0.2) is 8.42 Å². The van der Waals surface area contributed by atoms with E-state index < -0.39 is 10.0 Å². The van der Waals surface area contributed by atoms with Crippen molar-refractivity contribution in [2.75, 3.05) is 11.8 Å². The van der Waals surface area contributed by atoms with E-state index >= 15 is 0 Å². The maximum atomic E-state index is 12.1. The zero-order valence-corrected chi connectivity index (χ0v) is 12.7. The van der Waals surface area contributed by atoms with Gasteiger partial charge < -0.3 is 4.74 Å². The molecule has 0 radical (unpaired) electrons. The molecule has 0 saturated heterocycles. The quantitative estimate of drug-likeness (QED) is 0.938. The fourth-order valence-electron chi connectivity index (χ4n) is 1.52. The minimum absolute atomic E-state index is 0.252. The molecule has 0 amide bonds. The Bertz CT molecular complexity index is 681. The predicted octanol–water partition coefficient (Wildman–Crippen LogP) is 3.52. The number of sulfonamides is 1. The van der Waals surface area contributed by atoms with Crippen molar-refractivity contribution in [2.24, 2.45) is 0 Å². The van der Waals surface area contributed by atoms with Gasteiger partial charge in [0.1, 0.15) is 9.96 Å². The van der Waals surface area contributed by atoms with E-state index in [2.05, 4.69) is 4.72 Å². The first kappa shape index (κ1) is 14.2. The van der Waals surface area contributed by atoms with Crippen molar-refractivity contribution in [3.05, 3.63) is 40.2 Å². The number of rotatable bonds is 4. The molecule has 7 heteroatoms. The van der Waals surface area contributed by atoms with E-state index in [0.29, 0.717) is 16.5 Å². The monoisotopic (exact) mass is 317 g/mol. The topological polar surface area (TPSA) is 55.4 Å². The van der Waals surface area contributed by atoms with Gasteiger partial charge in [0.25, 0.3) is 10.0 Å². The minimum Gasteiger partial charge on any atom is -0.495 e. The third-order valence-electron chi connectivity index (χ3n) is 2.49. The summed E-state index contributed by atoms with van der Waals surface area (Å²) in [5.41, 5.74) is 1.14. The van der Waals surface area contributed by atoms with E-state index in [1.54, 1.807) is 36.6 Å². The zero-order valence-electron chi connectivity index (χ0n) is 10.3. The Kier molecular flexibility index (Phi) is 4.03. The number of halogens is 1. The highest BCUT2D eigenvalue weighted by Gasteiger charge is 2.18. The average Bonchev–Trinajstić information content (AvgIpc) is 2.87. The van der Waals surface area contributed by atoms with Crippen molar-refractivity contribution in [3.8, 4) is 5.75 Å². The van der Waals surface area contributed by atoms with Gasteiger partial charge in [-0.05, 0) is 30.0 Å². The molecule has 0 unspecified atom stereocenters. The second-order valence-electron chi connectivity index (χ2n) is 3.84. The number of benzene rings is 1. The molecule has 0 aliphatic carbocycles. The van der Waals surface area contributed by atoms with E-state index in [1.807, 2.05) is 0 Å². The summed E-state index contributed by atoms with van der Waals surface area (Å²) in [7, 11) is -2.12. The predicted molar refractivity (Wildman–Crippen MR) is 77.9 cm³/mol. The van der Waals surface area contributed by atoms with Gasteiger partial charge >= 0.3 is 0 Å². The molecule has 19 heavy (non-hydrogen) atoms. The lowest BCUT2D eigenvalue weighted by Crippen LogP contribution is -2.12. The third-order valence-corrected chi connectivity index (χ3v) is 5.66. The normalized spacial score (nSPS) is 11.3. The Balaban J connectivity index is 2.41. The van der Waals surface area contributed by atoms with Gasteiger partial charge in [0.05, 0.1) is 12.8 Å². The number of nitrogens with one attached hydrogen (secondary N) is 1. The SMILES string of the molecule is COc1cc(Cl)c(C)cc1NS(=O)(=O)c1cccs1. The van der Waals surface area contributed by atoms with Gasteiger partial charge in [0, 0.05) is 11.1 Å². The van der Waals surface area contributed by atoms with Crippen LogP contribution < -0.4 is 9.46 Å². The molecule has 0 aliphatic heterocycles. The smallest absolute Gasteiger partial charge is 0.271 e. The Hall–Kier alpha value is -1.24. The molecule has 1 N–H and O–H groups in total. The first-order chi connectivity index (χ1) is 8.94. The summed E-state index contributed by atoms with van der Waals surface area (Å²) in [4.78, 5) is 0. The van der Waals surface area contributed by atoms with Gasteiger partial charge in [-0.1, -0.05) is 17.7 Å². The van der Waals surface area contributed by atoms with Crippen LogP contribution in [-0.4, -0.2) is 15.5 Å². The van der Waals surface area contributed by atoms with E-state index in [4.69, 9.17) is 16.3 Å². The number of hydrogen-bond acceptors (Lipinski definition) is 4. The number of thiophene rings is 1. The number of methoxy groups -OCH3 is 1. The molecule has 0 fully saturated rings. The molecule has 0 bridgehead atoms. The number of anilines is 1.